The second-order valence-electron chi connectivity index (χ2n) is 4.07. The number of aliphatic carboxylic acids is 1. The van der Waals surface area contributed by atoms with Crippen LogP contribution < -0.4 is 5.73 Å². The van der Waals surface area contributed by atoms with E-state index in [1.807, 2.05) is 26.0 Å². The second-order valence-corrected chi connectivity index (χ2v) is 5.36. The van der Waals surface area contributed by atoms with Crippen LogP contribution in [0.15, 0.2) is 16.5 Å². The Hall–Kier alpha value is -1.66. The molecule has 0 aliphatic rings. The van der Waals surface area contributed by atoms with E-state index in [1.54, 1.807) is 0 Å². The molecule has 0 fully saturated rings. The van der Waals surface area contributed by atoms with E-state index in [4.69, 9.17) is 15.3 Å². The summed E-state index contributed by atoms with van der Waals surface area (Å²) in [6, 6.07) is 2.82. The van der Waals surface area contributed by atoms with Gasteiger partial charge in [0.1, 0.15) is 17.5 Å². The quantitative estimate of drug-likeness (QED) is 0.883. The summed E-state index contributed by atoms with van der Waals surface area (Å²) >= 11 is 1.45. The van der Waals surface area contributed by atoms with Gasteiger partial charge in [-0.3, -0.25) is 4.79 Å². The third kappa shape index (κ3) is 2.60. The fourth-order valence-corrected chi connectivity index (χ4v) is 2.60. The molecule has 18 heavy (non-hydrogen) atoms. The van der Waals surface area contributed by atoms with Crippen LogP contribution in [0.3, 0.4) is 0 Å². The minimum Gasteiger partial charge on any atom is -0.480 e. The van der Waals surface area contributed by atoms with Gasteiger partial charge in [-0.05, 0) is 26.0 Å². The first-order valence-corrected chi connectivity index (χ1v) is 6.30. The number of nitrogens with zero attached hydrogens (tertiary/aromatic N) is 1. The van der Waals surface area contributed by atoms with Crippen LogP contribution in [0.4, 0.5) is 0 Å². The first-order valence-electron chi connectivity index (χ1n) is 5.49. The van der Waals surface area contributed by atoms with Crippen molar-refractivity contribution in [1.29, 1.82) is 0 Å². The first-order chi connectivity index (χ1) is 8.47. The molecule has 0 aliphatic carbocycles. The largest absolute Gasteiger partial charge is 0.480 e. The van der Waals surface area contributed by atoms with Gasteiger partial charge in [0, 0.05) is 11.3 Å². The Labute approximate surface area is 108 Å². The Morgan fingerprint density at radius 2 is 2.28 bits per heavy atom. The molecule has 0 amide bonds. The number of carbonyl (C=O) groups is 1. The van der Waals surface area contributed by atoms with Crippen molar-refractivity contribution in [2.75, 3.05) is 0 Å². The van der Waals surface area contributed by atoms with E-state index in [2.05, 4.69) is 4.98 Å². The highest BCUT2D eigenvalue weighted by molar-refractivity contribution is 7.12. The average molecular weight is 266 g/mol. The van der Waals surface area contributed by atoms with Crippen LogP contribution in [-0.2, 0) is 11.2 Å². The molecule has 0 saturated heterocycles. The molecule has 1 unspecified atom stereocenters. The Kier molecular flexibility index (Phi) is 3.49. The van der Waals surface area contributed by atoms with Gasteiger partial charge < -0.3 is 15.3 Å². The highest BCUT2D eigenvalue weighted by atomic mass is 32.1. The van der Waals surface area contributed by atoms with Gasteiger partial charge in [0.05, 0.1) is 5.01 Å². The molecule has 0 aromatic carbocycles. The maximum absolute atomic E-state index is 10.7. The lowest BCUT2D eigenvalue weighted by Crippen LogP contribution is -2.32. The lowest BCUT2D eigenvalue weighted by molar-refractivity contribution is -0.138. The zero-order valence-corrected chi connectivity index (χ0v) is 11.0. The maximum Gasteiger partial charge on any atom is 0.320 e. The molecule has 2 heterocycles. The third-order valence-electron chi connectivity index (χ3n) is 2.53. The summed E-state index contributed by atoms with van der Waals surface area (Å²) in [5.74, 6) is 0.510. The SMILES string of the molecule is Cc1ccc(-c2nc(CC(N)C(=O)O)sc2C)o1. The number of carboxylic acid groups (broad SMARTS) is 1. The molecule has 1 atom stereocenters. The van der Waals surface area contributed by atoms with Crippen molar-refractivity contribution >= 4 is 17.3 Å². The standard InChI is InChI=1S/C12H14N2O3S/c1-6-3-4-9(17-6)11-7(2)18-10(14-11)5-8(13)12(15)16/h3-4,8H,5,13H2,1-2H3,(H,15,16). The van der Waals surface area contributed by atoms with E-state index in [-0.39, 0.29) is 6.42 Å². The molecule has 2 aromatic heterocycles. The summed E-state index contributed by atoms with van der Waals surface area (Å²) in [7, 11) is 0. The Morgan fingerprint density at radius 1 is 1.56 bits per heavy atom. The lowest BCUT2D eigenvalue weighted by Gasteiger charge is -2.01. The zero-order chi connectivity index (χ0) is 13.3. The Morgan fingerprint density at radius 3 is 2.83 bits per heavy atom. The molecule has 3 N–H and O–H groups in total. The summed E-state index contributed by atoms with van der Waals surface area (Å²) in [6.07, 6.45) is 0.237. The minimum absolute atomic E-state index is 0.237. The molecule has 0 spiro atoms. The molecule has 0 saturated carbocycles. The van der Waals surface area contributed by atoms with Crippen LogP contribution >= 0.6 is 11.3 Å². The summed E-state index contributed by atoms with van der Waals surface area (Å²) in [5, 5.41) is 9.49. The van der Waals surface area contributed by atoms with E-state index in [9.17, 15) is 4.79 Å². The summed E-state index contributed by atoms with van der Waals surface area (Å²) < 4.78 is 5.51. The molecule has 2 rings (SSSR count). The van der Waals surface area contributed by atoms with E-state index < -0.39 is 12.0 Å². The van der Waals surface area contributed by atoms with Gasteiger partial charge in [0.25, 0.3) is 0 Å². The molecule has 0 aliphatic heterocycles. The van der Waals surface area contributed by atoms with Gasteiger partial charge in [-0.1, -0.05) is 0 Å². The summed E-state index contributed by atoms with van der Waals surface area (Å²) in [5.41, 5.74) is 6.26. The van der Waals surface area contributed by atoms with Crippen LogP contribution in [0.1, 0.15) is 15.6 Å². The van der Waals surface area contributed by atoms with Gasteiger partial charge in [-0.25, -0.2) is 4.98 Å². The predicted octanol–water partition coefficient (Wildman–Crippen LogP) is 1.97. The van der Waals surface area contributed by atoms with Gasteiger partial charge in [0.2, 0.25) is 0 Å². The molecule has 6 heteroatoms. The number of rotatable bonds is 4. The fraction of sp³-hybridized carbons (Fsp3) is 0.333. The number of aryl methyl sites for hydroxylation is 2. The number of carboxylic acids is 1. The molecule has 5 nitrogen and oxygen atoms in total. The van der Waals surface area contributed by atoms with Crippen molar-refractivity contribution in [3.8, 4) is 11.5 Å². The van der Waals surface area contributed by atoms with Gasteiger partial charge in [-0.2, -0.15) is 0 Å². The van der Waals surface area contributed by atoms with Crippen molar-refractivity contribution in [2.45, 2.75) is 26.3 Å². The van der Waals surface area contributed by atoms with Gasteiger partial charge >= 0.3 is 5.97 Å². The lowest BCUT2D eigenvalue weighted by atomic mass is 10.2. The van der Waals surface area contributed by atoms with E-state index in [0.29, 0.717) is 10.8 Å². The summed E-state index contributed by atoms with van der Waals surface area (Å²) in [6.45, 7) is 3.80. The highest BCUT2D eigenvalue weighted by Crippen LogP contribution is 2.29. The average Bonchev–Trinajstić information content (AvgIpc) is 2.85. The Bertz CT molecular complexity index is 574. The predicted molar refractivity (Wildman–Crippen MR) is 68.6 cm³/mol. The monoisotopic (exact) mass is 266 g/mol. The van der Waals surface area contributed by atoms with Crippen LogP contribution in [-0.4, -0.2) is 22.1 Å². The fourth-order valence-electron chi connectivity index (χ4n) is 1.60. The topological polar surface area (TPSA) is 89.3 Å². The van der Waals surface area contributed by atoms with E-state index in [1.165, 1.54) is 11.3 Å². The summed E-state index contributed by atoms with van der Waals surface area (Å²) in [4.78, 5) is 16.1. The zero-order valence-electron chi connectivity index (χ0n) is 10.1. The van der Waals surface area contributed by atoms with Crippen LogP contribution in [0, 0.1) is 13.8 Å². The Balaban J connectivity index is 2.24. The number of nitrogens with two attached hydrogens (primary N) is 1. The first kappa shape index (κ1) is 12.8. The number of thiazole rings is 1. The van der Waals surface area contributed by atoms with Gasteiger partial charge in [0.15, 0.2) is 5.76 Å². The molecular weight excluding hydrogens is 252 g/mol. The van der Waals surface area contributed by atoms with E-state index in [0.717, 1.165) is 16.3 Å². The van der Waals surface area contributed by atoms with Crippen molar-refractivity contribution < 1.29 is 14.3 Å². The number of aromatic nitrogens is 1. The number of furan rings is 1. The number of hydrogen-bond donors (Lipinski definition) is 2. The highest BCUT2D eigenvalue weighted by Gasteiger charge is 2.18. The smallest absolute Gasteiger partial charge is 0.320 e. The van der Waals surface area contributed by atoms with Crippen molar-refractivity contribution in [1.82, 2.24) is 4.98 Å². The normalized spacial score (nSPS) is 12.6. The maximum atomic E-state index is 10.7. The molecule has 2 aromatic rings. The van der Waals surface area contributed by atoms with Crippen molar-refractivity contribution in [3.63, 3.8) is 0 Å². The molecular formula is C12H14N2O3S. The van der Waals surface area contributed by atoms with Crippen molar-refractivity contribution in [3.05, 3.63) is 27.8 Å². The number of hydrogen-bond acceptors (Lipinski definition) is 5. The van der Waals surface area contributed by atoms with Crippen LogP contribution in [0.5, 0.6) is 0 Å². The third-order valence-corrected chi connectivity index (χ3v) is 3.52. The van der Waals surface area contributed by atoms with Crippen LogP contribution in [0.2, 0.25) is 0 Å². The van der Waals surface area contributed by atoms with Crippen molar-refractivity contribution in [2.24, 2.45) is 5.73 Å². The molecule has 0 radical (unpaired) electrons. The van der Waals surface area contributed by atoms with Gasteiger partial charge in [-0.15, -0.1) is 11.3 Å². The van der Waals surface area contributed by atoms with E-state index >= 15 is 0 Å². The minimum atomic E-state index is -1.02. The molecule has 0 bridgehead atoms. The second kappa shape index (κ2) is 4.91. The van der Waals surface area contributed by atoms with Crippen LogP contribution in [0.25, 0.3) is 11.5 Å². The molecule has 96 valence electrons.